The zero-order valence-corrected chi connectivity index (χ0v) is 19.3. The number of halogens is 1. The Morgan fingerprint density at radius 3 is 2.40 bits per heavy atom. The molecule has 0 bridgehead atoms. The van der Waals surface area contributed by atoms with Crippen LogP contribution in [-0.2, 0) is 16.6 Å². The van der Waals surface area contributed by atoms with Gasteiger partial charge in [-0.1, -0.05) is 50.9 Å². The molecule has 2 heterocycles. The maximum atomic E-state index is 13.0. The first-order chi connectivity index (χ1) is 14.3. The summed E-state index contributed by atoms with van der Waals surface area (Å²) in [6, 6.07) is 13.1. The fraction of sp³-hybridized carbons (Fsp3) is 0.333. The first-order valence-electron chi connectivity index (χ1n) is 9.71. The fourth-order valence-electron chi connectivity index (χ4n) is 3.38. The molecule has 0 radical (unpaired) electrons. The Bertz CT molecular complexity index is 1140. The Morgan fingerprint density at radius 1 is 1.03 bits per heavy atom. The standard InChI is InChI=1S/C21H23BrN4O3S/c1-15-3-5-17(6-4-15)21-23-20(29-24-21)14-25-9-11-26(12-10-25)30(27,28)18-7-8-19(22)16(2)13-18/h3-8,13H,9-12,14H2,1-2H3. The number of rotatable bonds is 5. The SMILES string of the molecule is Cc1ccc(-c2noc(CN3CCN(S(=O)(=O)c4ccc(Br)c(C)c4)CC3)n2)cc1. The molecule has 1 saturated heterocycles. The second kappa shape index (κ2) is 8.58. The van der Waals surface area contributed by atoms with Gasteiger partial charge in [0.2, 0.25) is 21.7 Å². The van der Waals surface area contributed by atoms with Gasteiger partial charge in [-0.2, -0.15) is 9.29 Å². The average molecular weight is 491 g/mol. The van der Waals surface area contributed by atoms with Gasteiger partial charge in [-0.25, -0.2) is 8.42 Å². The van der Waals surface area contributed by atoms with E-state index in [1.807, 2.05) is 38.1 Å². The summed E-state index contributed by atoms with van der Waals surface area (Å²) in [7, 11) is -3.50. The maximum Gasteiger partial charge on any atom is 0.243 e. The smallest absolute Gasteiger partial charge is 0.243 e. The van der Waals surface area contributed by atoms with Gasteiger partial charge in [-0.3, -0.25) is 4.90 Å². The quantitative estimate of drug-likeness (QED) is 0.543. The van der Waals surface area contributed by atoms with E-state index in [9.17, 15) is 8.42 Å². The number of benzene rings is 2. The van der Waals surface area contributed by atoms with E-state index in [-0.39, 0.29) is 0 Å². The summed E-state index contributed by atoms with van der Waals surface area (Å²) in [6.07, 6.45) is 0. The Hall–Kier alpha value is -2.07. The van der Waals surface area contributed by atoms with E-state index < -0.39 is 10.0 Å². The van der Waals surface area contributed by atoms with Gasteiger partial charge in [0.25, 0.3) is 0 Å². The lowest BCUT2D eigenvalue weighted by Gasteiger charge is -2.33. The van der Waals surface area contributed by atoms with Gasteiger partial charge in [-0.15, -0.1) is 0 Å². The predicted molar refractivity (Wildman–Crippen MR) is 117 cm³/mol. The van der Waals surface area contributed by atoms with Crippen LogP contribution in [0, 0.1) is 13.8 Å². The topological polar surface area (TPSA) is 79.5 Å². The van der Waals surface area contributed by atoms with Crippen molar-refractivity contribution >= 4 is 26.0 Å². The summed E-state index contributed by atoms with van der Waals surface area (Å²) < 4.78 is 33.7. The molecule has 7 nitrogen and oxygen atoms in total. The van der Waals surface area contributed by atoms with E-state index in [4.69, 9.17) is 4.52 Å². The summed E-state index contributed by atoms with van der Waals surface area (Å²) in [5, 5.41) is 4.07. The number of sulfonamides is 1. The molecule has 1 aliphatic heterocycles. The Labute approximate surface area is 184 Å². The van der Waals surface area contributed by atoms with E-state index in [1.165, 1.54) is 9.87 Å². The average Bonchev–Trinajstić information content (AvgIpc) is 3.19. The fourth-order valence-corrected chi connectivity index (χ4v) is 5.14. The molecular weight excluding hydrogens is 468 g/mol. The highest BCUT2D eigenvalue weighted by atomic mass is 79.9. The molecule has 0 spiro atoms. The minimum absolute atomic E-state index is 0.330. The van der Waals surface area contributed by atoms with Crippen LogP contribution in [0.5, 0.6) is 0 Å². The summed E-state index contributed by atoms with van der Waals surface area (Å²) in [5.41, 5.74) is 2.99. The largest absolute Gasteiger partial charge is 0.338 e. The Balaban J connectivity index is 1.38. The van der Waals surface area contributed by atoms with Gasteiger partial charge in [0.1, 0.15) is 0 Å². The van der Waals surface area contributed by atoms with E-state index >= 15 is 0 Å². The van der Waals surface area contributed by atoms with Crippen molar-refractivity contribution in [1.82, 2.24) is 19.3 Å². The number of aromatic nitrogens is 2. The number of hydrogen-bond acceptors (Lipinski definition) is 6. The van der Waals surface area contributed by atoms with E-state index in [0.29, 0.717) is 49.3 Å². The first kappa shape index (κ1) is 21.2. The Kier molecular flexibility index (Phi) is 6.06. The molecule has 1 fully saturated rings. The lowest BCUT2D eigenvalue weighted by atomic mass is 10.1. The van der Waals surface area contributed by atoms with Crippen LogP contribution in [0.15, 0.2) is 56.4 Å². The molecule has 1 aromatic heterocycles. The number of piperazine rings is 1. The van der Waals surface area contributed by atoms with Gasteiger partial charge in [0.15, 0.2) is 0 Å². The third-order valence-electron chi connectivity index (χ3n) is 5.24. The van der Waals surface area contributed by atoms with Gasteiger partial charge < -0.3 is 4.52 Å². The van der Waals surface area contributed by atoms with Crippen LogP contribution >= 0.6 is 15.9 Å². The van der Waals surface area contributed by atoms with E-state index in [0.717, 1.165) is 15.6 Å². The van der Waals surface area contributed by atoms with Crippen molar-refractivity contribution in [3.05, 3.63) is 64.0 Å². The molecule has 0 unspecified atom stereocenters. The van der Waals surface area contributed by atoms with Gasteiger partial charge in [0, 0.05) is 36.2 Å². The minimum Gasteiger partial charge on any atom is -0.338 e. The molecule has 1 aliphatic rings. The zero-order chi connectivity index (χ0) is 21.3. The molecule has 158 valence electrons. The minimum atomic E-state index is -3.50. The van der Waals surface area contributed by atoms with Crippen LogP contribution in [0.2, 0.25) is 0 Å². The van der Waals surface area contributed by atoms with Crippen molar-refractivity contribution in [2.24, 2.45) is 0 Å². The van der Waals surface area contributed by atoms with Crippen molar-refractivity contribution in [2.75, 3.05) is 26.2 Å². The normalized spacial score (nSPS) is 16.1. The number of hydrogen-bond donors (Lipinski definition) is 0. The van der Waals surface area contributed by atoms with Crippen LogP contribution in [0.1, 0.15) is 17.0 Å². The molecule has 2 aromatic carbocycles. The highest BCUT2D eigenvalue weighted by molar-refractivity contribution is 9.10. The summed E-state index contributed by atoms with van der Waals surface area (Å²) >= 11 is 3.42. The molecule has 0 atom stereocenters. The summed E-state index contributed by atoms with van der Waals surface area (Å²) in [6.45, 7) is 6.49. The van der Waals surface area contributed by atoms with Crippen molar-refractivity contribution in [3.8, 4) is 11.4 Å². The van der Waals surface area contributed by atoms with E-state index in [2.05, 4.69) is 31.0 Å². The molecule has 30 heavy (non-hydrogen) atoms. The first-order valence-corrected chi connectivity index (χ1v) is 11.9. The maximum absolute atomic E-state index is 13.0. The molecule has 3 aromatic rings. The van der Waals surface area contributed by atoms with Crippen molar-refractivity contribution in [1.29, 1.82) is 0 Å². The molecule has 0 amide bonds. The molecule has 0 saturated carbocycles. The predicted octanol–water partition coefficient (Wildman–Crippen LogP) is 3.62. The molecule has 0 N–H and O–H groups in total. The monoisotopic (exact) mass is 490 g/mol. The second-order valence-corrected chi connectivity index (χ2v) is 10.3. The molecule has 0 aliphatic carbocycles. The second-order valence-electron chi connectivity index (χ2n) is 7.47. The summed E-state index contributed by atoms with van der Waals surface area (Å²) in [4.78, 5) is 6.94. The van der Waals surface area contributed by atoms with Crippen molar-refractivity contribution in [2.45, 2.75) is 25.3 Å². The highest BCUT2D eigenvalue weighted by Gasteiger charge is 2.29. The van der Waals surface area contributed by atoms with Crippen LogP contribution in [0.3, 0.4) is 0 Å². The molecule has 9 heteroatoms. The zero-order valence-electron chi connectivity index (χ0n) is 16.9. The van der Waals surface area contributed by atoms with Crippen LogP contribution in [-0.4, -0.2) is 53.9 Å². The van der Waals surface area contributed by atoms with Crippen molar-refractivity contribution < 1.29 is 12.9 Å². The van der Waals surface area contributed by atoms with Crippen LogP contribution in [0.25, 0.3) is 11.4 Å². The van der Waals surface area contributed by atoms with Gasteiger partial charge in [0.05, 0.1) is 11.4 Å². The third-order valence-corrected chi connectivity index (χ3v) is 8.02. The van der Waals surface area contributed by atoms with Gasteiger partial charge in [-0.05, 0) is 37.6 Å². The molecular formula is C21H23BrN4O3S. The number of nitrogens with zero attached hydrogens (tertiary/aromatic N) is 4. The van der Waals surface area contributed by atoms with Gasteiger partial charge >= 0.3 is 0 Å². The lowest BCUT2D eigenvalue weighted by molar-refractivity contribution is 0.163. The van der Waals surface area contributed by atoms with Crippen molar-refractivity contribution in [3.63, 3.8) is 0 Å². The Morgan fingerprint density at radius 2 is 1.73 bits per heavy atom. The lowest BCUT2D eigenvalue weighted by Crippen LogP contribution is -2.48. The number of aryl methyl sites for hydroxylation is 2. The van der Waals surface area contributed by atoms with Crippen LogP contribution < -0.4 is 0 Å². The van der Waals surface area contributed by atoms with E-state index in [1.54, 1.807) is 18.2 Å². The highest BCUT2D eigenvalue weighted by Crippen LogP contribution is 2.24. The molecule has 4 rings (SSSR count). The third kappa shape index (κ3) is 4.49. The van der Waals surface area contributed by atoms with Crippen LogP contribution in [0.4, 0.5) is 0 Å². The summed E-state index contributed by atoms with van der Waals surface area (Å²) in [5.74, 6) is 1.10.